The van der Waals surface area contributed by atoms with E-state index in [9.17, 15) is 5.11 Å². The molecule has 0 spiro atoms. The van der Waals surface area contributed by atoms with Gasteiger partial charge in [-0.05, 0) is 32.7 Å². The summed E-state index contributed by atoms with van der Waals surface area (Å²) in [5.41, 5.74) is 2.31. The summed E-state index contributed by atoms with van der Waals surface area (Å²) in [6.45, 7) is 9.87. The molecule has 5 heteroatoms. The van der Waals surface area contributed by atoms with Gasteiger partial charge < -0.3 is 10.4 Å². The zero-order valence-electron chi connectivity index (χ0n) is 12.1. The molecule has 0 aliphatic carbocycles. The molecule has 1 atom stereocenters. The van der Waals surface area contributed by atoms with E-state index in [2.05, 4.69) is 34.7 Å². The van der Waals surface area contributed by atoms with Crippen LogP contribution in [0.2, 0.25) is 0 Å². The maximum Gasteiger partial charge on any atom is 0.194 e. The van der Waals surface area contributed by atoms with Gasteiger partial charge in [0.1, 0.15) is 0 Å². The highest BCUT2D eigenvalue weighted by atomic mass is 32.1. The smallest absolute Gasteiger partial charge is 0.194 e. The van der Waals surface area contributed by atoms with Crippen molar-refractivity contribution in [2.45, 2.75) is 46.8 Å². The van der Waals surface area contributed by atoms with Gasteiger partial charge >= 0.3 is 0 Å². The van der Waals surface area contributed by atoms with E-state index < -0.39 is 0 Å². The van der Waals surface area contributed by atoms with Crippen molar-refractivity contribution in [1.29, 1.82) is 0 Å². The topological polar surface area (TPSA) is 49.6 Å². The molecule has 0 aliphatic heterocycles. The number of thiazole rings is 1. The van der Waals surface area contributed by atoms with E-state index in [1.807, 2.05) is 13.8 Å². The zero-order chi connectivity index (χ0) is 14.0. The number of aliphatic hydroxyl groups excluding tert-OH is 1. The Morgan fingerprint density at radius 3 is 2.84 bits per heavy atom. The van der Waals surface area contributed by atoms with Gasteiger partial charge in [0, 0.05) is 17.6 Å². The van der Waals surface area contributed by atoms with Gasteiger partial charge in [-0.15, -0.1) is 11.3 Å². The van der Waals surface area contributed by atoms with E-state index in [-0.39, 0.29) is 6.10 Å². The summed E-state index contributed by atoms with van der Waals surface area (Å²) in [5.74, 6) is 0.324. The van der Waals surface area contributed by atoms with Crippen LogP contribution in [0.15, 0.2) is 6.20 Å². The summed E-state index contributed by atoms with van der Waals surface area (Å²) < 4.78 is 2.17. The Hall–Kier alpha value is -0.910. The fourth-order valence-corrected chi connectivity index (χ4v) is 3.00. The highest BCUT2D eigenvalue weighted by Gasteiger charge is 2.11. The first kappa shape index (κ1) is 14.5. The van der Waals surface area contributed by atoms with Crippen LogP contribution in [0.4, 0.5) is 0 Å². The summed E-state index contributed by atoms with van der Waals surface area (Å²) >= 11 is 1.72. The molecular weight excluding hydrogens is 258 g/mol. The second kappa shape index (κ2) is 6.03. The number of hydrogen-bond donors (Lipinski definition) is 2. The normalized spacial score (nSPS) is 13.6. The monoisotopic (exact) mass is 281 g/mol. The fourth-order valence-electron chi connectivity index (χ4n) is 2.11. The molecular formula is C14H23N3OS. The Morgan fingerprint density at radius 1 is 1.42 bits per heavy atom. The molecule has 0 amide bonds. The van der Waals surface area contributed by atoms with E-state index in [4.69, 9.17) is 0 Å². The Morgan fingerprint density at radius 2 is 2.16 bits per heavy atom. The van der Waals surface area contributed by atoms with Crippen molar-refractivity contribution in [2.24, 2.45) is 5.92 Å². The van der Waals surface area contributed by atoms with Gasteiger partial charge in [0.25, 0.3) is 0 Å². The Bertz CT molecular complexity index is 544. The van der Waals surface area contributed by atoms with Gasteiger partial charge in [-0.3, -0.25) is 4.40 Å². The predicted octanol–water partition coefficient (Wildman–Crippen LogP) is 2.51. The van der Waals surface area contributed by atoms with Crippen molar-refractivity contribution in [2.75, 3.05) is 6.54 Å². The first-order valence-corrected chi connectivity index (χ1v) is 7.63. The maximum absolute atomic E-state index is 9.76. The van der Waals surface area contributed by atoms with Crippen LogP contribution >= 0.6 is 11.3 Å². The number of hydrogen-bond acceptors (Lipinski definition) is 4. The number of imidazole rings is 1. The van der Waals surface area contributed by atoms with Crippen LogP contribution in [0.25, 0.3) is 4.96 Å². The number of rotatable bonds is 6. The summed E-state index contributed by atoms with van der Waals surface area (Å²) in [6, 6.07) is 0. The summed E-state index contributed by atoms with van der Waals surface area (Å²) in [4.78, 5) is 6.91. The average molecular weight is 281 g/mol. The number of aromatic nitrogens is 2. The van der Waals surface area contributed by atoms with Gasteiger partial charge in [0.05, 0.1) is 17.5 Å². The van der Waals surface area contributed by atoms with E-state index in [1.54, 1.807) is 11.3 Å². The van der Waals surface area contributed by atoms with E-state index in [0.717, 1.165) is 30.2 Å². The van der Waals surface area contributed by atoms with Gasteiger partial charge in [-0.25, -0.2) is 4.98 Å². The van der Waals surface area contributed by atoms with Crippen molar-refractivity contribution >= 4 is 16.3 Å². The third-order valence-electron chi connectivity index (χ3n) is 3.42. The molecule has 2 heterocycles. The molecule has 0 bridgehead atoms. The third-order valence-corrected chi connectivity index (χ3v) is 4.32. The van der Waals surface area contributed by atoms with Crippen molar-refractivity contribution in [3.05, 3.63) is 22.5 Å². The van der Waals surface area contributed by atoms with Gasteiger partial charge in [0.2, 0.25) is 0 Å². The van der Waals surface area contributed by atoms with Crippen molar-refractivity contribution in [3.63, 3.8) is 0 Å². The molecule has 106 valence electrons. The fraction of sp³-hybridized carbons (Fsp3) is 0.643. The van der Waals surface area contributed by atoms with Gasteiger partial charge in [-0.2, -0.15) is 0 Å². The largest absolute Gasteiger partial charge is 0.393 e. The molecule has 0 radical (unpaired) electrons. The lowest BCUT2D eigenvalue weighted by molar-refractivity contribution is 0.116. The van der Waals surface area contributed by atoms with Crippen LogP contribution in [0.1, 0.15) is 36.5 Å². The molecule has 2 aromatic rings. The maximum atomic E-state index is 9.76. The standard InChI is InChI=1S/C14H23N3OS/c1-9(2)13(18)5-6-15-7-12-11(4)16-14-17(12)8-10(3)19-14/h8-9,13,15,18H,5-7H2,1-4H3. The van der Waals surface area contributed by atoms with Crippen molar-refractivity contribution < 1.29 is 5.11 Å². The number of aliphatic hydroxyl groups is 1. The molecule has 4 nitrogen and oxygen atoms in total. The quantitative estimate of drug-likeness (QED) is 0.800. The molecule has 2 N–H and O–H groups in total. The summed E-state index contributed by atoms with van der Waals surface area (Å²) in [6.07, 6.45) is 2.71. The Labute approximate surface area is 118 Å². The molecule has 1 unspecified atom stereocenters. The van der Waals surface area contributed by atoms with E-state index >= 15 is 0 Å². The average Bonchev–Trinajstić information content (AvgIpc) is 2.80. The third kappa shape index (κ3) is 3.35. The van der Waals surface area contributed by atoms with Crippen molar-refractivity contribution in [3.8, 4) is 0 Å². The van der Waals surface area contributed by atoms with E-state index in [1.165, 1.54) is 10.6 Å². The number of nitrogens with one attached hydrogen (secondary N) is 1. The molecule has 2 aromatic heterocycles. The minimum Gasteiger partial charge on any atom is -0.393 e. The van der Waals surface area contributed by atoms with Crippen LogP contribution in [-0.4, -0.2) is 27.1 Å². The highest BCUT2D eigenvalue weighted by Crippen LogP contribution is 2.20. The molecule has 0 aromatic carbocycles. The van der Waals surface area contributed by atoms with Crippen LogP contribution in [0, 0.1) is 19.8 Å². The first-order valence-electron chi connectivity index (χ1n) is 6.81. The summed E-state index contributed by atoms with van der Waals surface area (Å²) in [7, 11) is 0. The second-order valence-electron chi connectivity index (χ2n) is 5.42. The highest BCUT2D eigenvalue weighted by molar-refractivity contribution is 7.17. The van der Waals surface area contributed by atoms with Crippen LogP contribution in [0.5, 0.6) is 0 Å². The molecule has 0 fully saturated rings. The molecule has 19 heavy (non-hydrogen) atoms. The van der Waals surface area contributed by atoms with Crippen LogP contribution in [-0.2, 0) is 6.54 Å². The first-order chi connectivity index (χ1) is 8.99. The van der Waals surface area contributed by atoms with Gasteiger partial charge in [-0.1, -0.05) is 13.8 Å². The lowest BCUT2D eigenvalue weighted by atomic mass is 10.0. The molecule has 0 aliphatic rings. The molecule has 2 rings (SSSR count). The van der Waals surface area contributed by atoms with E-state index in [0.29, 0.717) is 5.92 Å². The van der Waals surface area contributed by atoms with Crippen LogP contribution in [0.3, 0.4) is 0 Å². The zero-order valence-corrected chi connectivity index (χ0v) is 12.9. The Kier molecular flexibility index (Phi) is 4.60. The summed E-state index contributed by atoms with van der Waals surface area (Å²) in [5, 5.41) is 13.2. The lowest BCUT2D eigenvalue weighted by Crippen LogP contribution is -2.24. The second-order valence-corrected chi connectivity index (χ2v) is 6.63. The minimum absolute atomic E-state index is 0.220. The number of fused-ring (bicyclic) bond motifs is 1. The Balaban J connectivity index is 1.92. The van der Waals surface area contributed by atoms with Crippen LogP contribution < -0.4 is 5.32 Å². The SMILES string of the molecule is Cc1cn2c(CNCCC(O)C(C)C)c(C)nc2s1. The number of aryl methyl sites for hydroxylation is 2. The van der Waals surface area contributed by atoms with Gasteiger partial charge in [0.15, 0.2) is 4.96 Å². The molecule has 0 saturated carbocycles. The number of nitrogens with zero attached hydrogens (tertiary/aromatic N) is 2. The molecule has 0 saturated heterocycles. The minimum atomic E-state index is -0.220. The van der Waals surface area contributed by atoms with Crippen molar-refractivity contribution in [1.82, 2.24) is 14.7 Å². The predicted molar refractivity (Wildman–Crippen MR) is 79.7 cm³/mol. The lowest BCUT2D eigenvalue weighted by Gasteiger charge is -2.14.